The molecule has 0 saturated carbocycles. The molecule has 0 amide bonds. The third-order valence-electron chi connectivity index (χ3n) is 3.50. The van der Waals surface area contributed by atoms with Gasteiger partial charge in [-0.05, 0) is 11.6 Å². The quantitative estimate of drug-likeness (QED) is 0.295. The average molecular weight is 280 g/mol. The molecule has 1 aromatic rings. The zero-order valence-corrected chi connectivity index (χ0v) is 11.5. The second kappa shape index (κ2) is 6.65. The lowest BCUT2D eigenvalue weighted by Crippen LogP contribution is -2.42. The molecule has 0 radical (unpaired) electrons. The molecular weight excluding hydrogens is 260 g/mol. The van der Waals surface area contributed by atoms with Gasteiger partial charge in [-0.1, -0.05) is 11.2 Å². The first-order valence-corrected chi connectivity index (χ1v) is 6.46. The Morgan fingerprint density at radius 3 is 3.20 bits per heavy atom. The normalized spacial score (nSPS) is 23.1. The number of ether oxygens (including phenoxy) is 2. The zero-order valence-electron chi connectivity index (χ0n) is 11.5. The second-order valence-corrected chi connectivity index (χ2v) is 4.79. The Morgan fingerprint density at radius 1 is 1.70 bits per heavy atom. The van der Waals surface area contributed by atoms with Crippen molar-refractivity contribution in [2.75, 3.05) is 26.9 Å². The van der Waals surface area contributed by atoms with Crippen LogP contribution in [0.3, 0.4) is 0 Å². The Kier molecular flexibility index (Phi) is 4.89. The largest absolute Gasteiger partial charge is 0.409 e. The van der Waals surface area contributed by atoms with Crippen LogP contribution in [0.15, 0.2) is 23.5 Å². The number of hydrogen-bond acceptors (Lipinski definition) is 6. The van der Waals surface area contributed by atoms with Crippen molar-refractivity contribution >= 4 is 5.84 Å². The van der Waals surface area contributed by atoms with Crippen LogP contribution in [0.4, 0.5) is 0 Å². The molecule has 1 fully saturated rings. The van der Waals surface area contributed by atoms with Gasteiger partial charge in [0.15, 0.2) is 5.84 Å². The Hall–Kier alpha value is -1.70. The van der Waals surface area contributed by atoms with E-state index in [1.54, 1.807) is 13.3 Å². The molecule has 1 aliphatic heterocycles. The summed E-state index contributed by atoms with van der Waals surface area (Å²) in [6.45, 7) is 2.55. The summed E-state index contributed by atoms with van der Waals surface area (Å²) in [5.74, 6) is 0.00746. The first-order chi connectivity index (χ1) is 9.71. The Balaban J connectivity index is 1.97. The molecule has 0 spiro atoms. The molecule has 4 N–H and O–H groups in total. The highest BCUT2D eigenvalue weighted by Crippen LogP contribution is 2.21. The lowest BCUT2D eigenvalue weighted by atomic mass is 10.0. The molecule has 110 valence electrons. The third-order valence-corrected chi connectivity index (χ3v) is 3.50. The molecule has 1 unspecified atom stereocenters. The van der Waals surface area contributed by atoms with Crippen LogP contribution in [0.2, 0.25) is 0 Å². The van der Waals surface area contributed by atoms with Crippen molar-refractivity contribution in [1.82, 2.24) is 10.3 Å². The molecule has 0 aliphatic carbocycles. The van der Waals surface area contributed by atoms with Crippen LogP contribution in [0.5, 0.6) is 0 Å². The number of aromatic nitrogens is 1. The van der Waals surface area contributed by atoms with Crippen molar-refractivity contribution < 1.29 is 14.7 Å². The first kappa shape index (κ1) is 14.7. The first-order valence-electron chi connectivity index (χ1n) is 6.46. The Bertz CT molecular complexity index is 472. The fourth-order valence-electron chi connectivity index (χ4n) is 2.25. The molecule has 20 heavy (non-hydrogen) atoms. The molecule has 2 heterocycles. The molecular formula is C13H20N4O3. The third kappa shape index (κ3) is 3.24. The predicted octanol–water partition coefficient (Wildman–Crippen LogP) is 0.0712. The van der Waals surface area contributed by atoms with Gasteiger partial charge < -0.3 is 25.7 Å². The number of pyridine rings is 1. The van der Waals surface area contributed by atoms with Crippen LogP contribution in [0.1, 0.15) is 17.7 Å². The fraction of sp³-hybridized carbons (Fsp3) is 0.538. The summed E-state index contributed by atoms with van der Waals surface area (Å²) in [4.78, 5) is 4.13. The maximum absolute atomic E-state index is 8.76. The van der Waals surface area contributed by atoms with E-state index in [9.17, 15) is 0 Å². The van der Waals surface area contributed by atoms with Crippen molar-refractivity contribution in [3.05, 3.63) is 29.6 Å². The van der Waals surface area contributed by atoms with Crippen LogP contribution < -0.4 is 11.1 Å². The lowest BCUT2D eigenvalue weighted by molar-refractivity contribution is -0.0159. The number of oxime groups is 1. The van der Waals surface area contributed by atoms with E-state index >= 15 is 0 Å². The van der Waals surface area contributed by atoms with Crippen molar-refractivity contribution in [2.24, 2.45) is 10.9 Å². The molecule has 0 aromatic carbocycles. The average Bonchev–Trinajstić information content (AvgIpc) is 2.96. The molecule has 0 bridgehead atoms. The van der Waals surface area contributed by atoms with E-state index in [1.807, 2.05) is 12.1 Å². The highest BCUT2D eigenvalue weighted by molar-refractivity contribution is 5.96. The molecule has 1 atom stereocenters. The minimum absolute atomic E-state index is 0.00746. The van der Waals surface area contributed by atoms with Crippen LogP contribution in [0, 0.1) is 0 Å². The zero-order chi connectivity index (χ0) is 14.4. The summed E-state index contributed by atoms with van der Waals surface area (Å²) >= 11 is 0. The number of hydrogen-bond donors (Lipinski definition) is 3. The van der Waals surface area contributed by atoms with Gasteiger partial charge in [0.25, 0.3) is 0 Å². The molecule has 7 nitrogen and oxygen atoms in total. The molecule has 1 saturated heterocycles. The van der Waals surface area contributed by atoms with E-state index in [0.717, 1.165) is 18.6 Å². The summed E-state index contributed by atoms with van der Waals surface area (Å²) in [6.07, 6.45) is 2.48. The van der Waals surface area contributed by atoms with Crippen LogP contribution in [-0.2, 0) is 16.0 Å². The summed E-state index contributed by atoms with van der Waals surface area (Å²) in [5.41, 5.74) is 6.69. The van der Waals surface area contributed by atoms with Crippen molar-refractivity contribution in [1.29, 1.82) is 0 Å². The molecule has 1 aliphatic rings. The summed E-state index contributed by atoms with van der Waals surface area (Å²) in [7, 11) is 1.70. The highest BCUT2D eigenvalue weighted by atomic mass is 16.5. The van der Waals surface area contributed by atoms with Gasteiger partial charge in [0.05, 0.1) is 6.61 Å². The Morgan fingerprint density at radius 2 is 2.55 bits per heavy atom. The van der Waals surface area contributed by atoms with E-state index in [1.165, 1.54) is 0 Å². The summed E-state index contributed by atoms with van der Waals surface area (Å²) in [6, 6.07) is 3.70. The monoisotopic (exact) mass is 280 g/mol. The summed E-state index contributed by atoms with van der Waals surface area (Å²) < 4.78 is 10.9. The van der Waals surface area contributed by atoms with Crippen molar-refractivity contribution in [3.8, 4) is 0 Å². The van der Waals surface area contributed by atoms with Gasteiger partial charge >= 0.3 is 0 Å². The molecule has 7 heteroatoms. The molecule has 1 aromatic heterocycles. The minimum atomic E-state index is -0.265. The van der Waals surface area contributed by atoms with E-state index in [-0.39, 0.29) is 11.4 Å². The number of nitrogens with zero attached hydrogens (tertiary/aromatic N) is 2. The fourth-order valence-corrected chi connectivity index (χ4v) is 2.25. The predicted molar refractivity (Wildman–Crippen MR) is 73.6 cm³/mol. The Labute approximate surface area is 117 Å². The van der Waals surface area contributed by atoms with Crippen molar-refractivity contribution in [2.45, 2.75) is 18.6 Å². The second-order valence-electron chi connectivity index (χ2n) is 4.79. The van der Waals surface area contributed by atoms with Crippen LogP contribution in [-0.4, -0.2) is 48.5 Å². The topological polar surface area (TPSA) is 102 Å². The van der Waals surface area contributed by atoms with Gasteiger partial charge in [0.2, 0.25) is 0 Å². The lowest BCUT2D eigenvalue weighted by Gasteiger charge is -2.26. The van der Waals surface area contributed by atoms with Gasteiger partial charge in [-0.3, -0.25) is 4.98 Å². The number of rotatable bonds is 6. The van der Waals surface area contributed by atoms with Gasteiger partial charge in [-0.2, -0.15) is 0 Å². The van der Waals surface area contributed by atoms with Crippen LogP contribution in [0.25, 0.3) is 0 Å². The smallest absolute Gasteiger partial charge is 0.189 e. The number of methoxy groups -OCH3 is 1. The number of nitrogens with one attached hydrogen (secondary N) is 1. The minimum Gasteiger partial charge on any atom is -0.409 e. The number of nitrogens with two attached hydrogens (primary N) is 1. The van der Waals surface area contributed by atoms with Crippen molar-refractivity contribution in [3.63, 3.8) is 0 Å². The van der Waals surface area contributed by atoms with Crippen LogP contribution >= 0.6 is 0 Å². The van der Waals surface area contributed by atoms with Gasteiger partial charge in [-0.25, -0.2) is 0 Å². The van der Waals surface area contributed by atoms with Gasteiger partial charge in [0.1, 0.15) is 11.3 Å². The maximum Gasteiger partial charge on any atom is 0.189 e. The van der Waals surface area contributed by atoms with E-state index < -0.39 is 0 Å². The van der Waals surface area contributed by atoms with E-state index in [4.69, 9.17) is 20.4 Å². The van der Waals surface area contributed by atoms with Gasteiger partial charge in [0, 0.05) is 39.4 Å². The van der Waals surface area contributed by atoms with E-state index in [0.29, 0.717) is 25.4 Å². The van der Waals surface area contributed by atoms with E-state index in [2.05, 4.69) is 15.5 Å². The maximum atomic E-state index is 8.76. The summed E-state index contributed by atoms with van der Waals surface area (Å²) in [5, 5.41) is 15.1. The van der Waals surface area contributed by atoms with Gasteiger partial charge in [-0.15, -0.1) is 0 Å². The molecule has 2 rings (SSSR count). The standard InChI is InChI=1S/C13H20N4O3/c1-19-13(4-6-20-9-13)8-15-7-10-3-2-5-16-11(10)12(14)17-18/h2-3,5,15,18H,4,6-9H2,1H3,(H2,14,17). The number of amidine groups is 1. The highest BCUT2D eigenvalue weighted by Gasteiger charge is 2.34. The SMILES string of the molecule is COC1(CNCc2cccnc2/C(N)=N/O)CCOC1.